The van der Waals surface area contributed by atoms with Gasteiger partial charge in [0, 0.05) is 31.5 Å². The molecule has 1 saturated heterocycles. The molecule has 100 valence electrons. The predicted molar refractivity (Wildman–Crippen MR) is 74.5 cm³/mol. The maximum Gasteiger partial charge on any atom is 0.225 e. The average Bonchev–Trinajstić information content (AvgIpc) is 2.78. The first-order valence-corrected chi connectivity index (χ1v) is 6.87. The van der Waals surface area contributed by atoms with Crippen LogP contribution in [-0.4, -0.2) is 29.1 Å². The molecule has 2 atom stereocenters. The summed E-state index contributed by atoms with van der Waals surface area (Å²) in [6.07, 6.45) is 5.92. The first-order valence-electron chi connectivity index (χ1n) is 6.87. The summed E-state index contributed by atoms with van der Waals surface area (Å²) in [7, 11) is 0. The van der Waals surface area contributed by atoms with Crippen LogP contribution in [0.15, 0.2) is 12.4 Å². The number of rotatable bonds is 4. The van der Waals surface area contributed by atoms with Crippen LogP contribution < -0.4 is 10.6 Å². The fraction of sp³-hybridized carbons (Fsp3) is 0.714. The zero-order chi connectivity index (χ0) is 13.1. The van der Waals surface area contributed by atoms with E-state index in [0.717, 1.165) is 42.9 Å². The summed E-state index contributed by atoms with van der Waals surface area (Å²) >= 11 is 0. The largest absolute Gasteiger partial charge is 0.341 e. The predicted octanol–water partition coefficient (Wildman–Crippen LogP) is 1.85. The Bertz CT molecular complexity index is 372. The first kappa shape index (κ1) is 13.3. The molecule has 1 aliphatic heterocycles. The average molecular weight is 248 g/mol. The molecular weight excluding hydrogens is 224 g/mol. The van der Waals surface area contributed by atoms with Crippen molar-refractivity contribution < 1.29 is 0 Å². The fourth-order valence-corrected chi connectivity index (χ4v) is 2.50. The van der Waals surface area contributed by atoms with Crippen molar-refractivity contribution >= 4 is 5.95 Å². The second-order valence-corrected chi connectivity index (χ2v) is 5.81. The zero-order valence-corrected chi connectivity index (χ0v) is 11.6. The van der Waals surface area contributed by atoms with Crippen molar-refractivity contribution in [2.75, 3.05) is 18.0 Å². The highest BCUT2D eigenvalue weighted by Gasteiger charge is 2.26. The van der Waals surface area contributed by atoms with Gasteiger partial charge in [0.25, 0.3) is 0 Å². The molecule has 0 aromatic carbocycles. The molecule has 18 heavy (non-hydrogen) atoms. The quantitative estimate of drug-likeness (QED) is 0.883. The summed E-state index contributed by atoms with van der Waals surface area (Å²) in [5.41, 5.74) is 6.89. The molecule has 0 radical (unpaired) electrons. The van der Waals surface area contributed by atoms with E-state index < -0.39 is 0 Å². The van der Waals surface area contributed by atoms with Crippen LogP contribution in [0.3, 0.4) is 0 Å². The van der Waals surface area contributed by atoms with E-state index in [4.69, 9.17) is 5.73 Å². The summed E-state index contributed by atoms with van der Waals surface area (Å²) < 4.78 is 0. The lowest BCUT2D eigenvalue weighted by Crippen LogP contribution is -2.23. The first-order chi connectivity index (χ1) is 8.56. The number of hydrogen-bond acceptors (Lipinski definition) is 4. The van der Waals surface area contributed by atoms with Gasteiger partial charge >= 0.3 is 0 Å². The van der Waals surface area contributed by atoms with Crippen molar-refractivity contribution in [3.63, 3.8) is 0 Å². The third kappa shape index (κ3) is 3.19. The van der Waals surface area contributed by atoms with Gasteiger partial charge < -0.3 is 10.6 Å². The maximum absolute atomic E-state index is 5.77. The number of nitrogens with two attached hydrogens (primary N) is 1. The van der Waals surface area contributed by atoms with E-state index in [1.807, 2.05) is 19.3 Å². The Labute approximate surface area is 110 Å². The van der Waals surface area contributed by atoms with Crippen molar-refractivity contribution in [3.8, 4) is 0 Å². The van der Waals surface area contributed by atoms with Crippen LogP contribution >= 0.6 is 0 Å². The highest BCUT2D eigenvalue weighted by molar-refractivity contribution is 5.31. The Balaban J connectivity index is 1.98. The molecule has 4 heteroatoms. The Morgan fingerprint density at radius 2 is 2.00 bits per heavy atom. The Morgan fingerprint density at radius 1 is 1.33 bits per heavy atom. The molecule has 1 aromatic heterocycles. The van der Waals surface area contributed by atoms with E-state index in [2.05, 4.69) is 28.7 Å². The highest BCUT2D eigenvalue weighted by atomic mass is 15.3. The van der Waals surface area contributed by atoms with Gasteiger partial charge in [0.05, 0.1) is 0 Å². The summed E-state index contributed by atoms with van der Waals surface area (Å²) in [5.74, 6) is 2.39. The topological polar surface area (TPSA) is 55.0 Å². The summed E-state index contributed by atoms with van der Waals surface area (Å²) in [5, 5.41) is 0. The van der Waals surface area contributed by atoms with Crippen molar-refractivity contribution in [2.24, 2.45) is 17.6 Å². The van der Waals surface area contributed by atoms with Gasteiger partial charge in [-0.2, -0.15) is 0 Å². The number of nitrogens with zero attached hydrogens (tertiary/aromatic N) is 3. The molecule has 2 rings (SSSR count). The Kier molecular flexibility index (Phi) is 4.17. The lowest BCUT2D eigenvalue weighted by molar-refractivity contribution is 0.422. The molecule has 4 nitrogen and oxygen atoms in total. The third-order valence-electron chi connectivity index (χ3n) is 3.70. The number of hydrogen-bond donors (Lipinski definition) is 1. The van der Waals surface area contributed by atoms with Crippen LogP contribution in [0.2, 0.25) is 0 Å². The van der Waals surface area contributed by atoms with Gasteiger partial charge in [0.2, 0.25) is 5.95 Å². The molecule has 2 N–H and O–H groups in total. The molecule has 0 amide bonds. The molecule has 0 spiro atoms. The van der Waals surface area contributed by atoms with Crippen LogP contribution in [0.5, 0.6) is 0 Å². The minimum Gasteiger partial charge on any atom is -0.341 e. The van der Waals surface area contributed by atoms with Gasteiger partial charge in [-0.05, 0) is 37.2 Å². The third-order valence-corrected chi connectivity index (χ3v) is 3.70. The molecule has 0 saturated carbocycles. The normalized spacial score (nSPS) is 21.6. The van der Waals surface area contributed by atoms with Crippen LogP contribution in [0.1, 0.15) is 32.8 Å². The number of anilines is 1. The van der Waals surface area contributed by atoms with Gasteiger partial charge in [0.15, 0.2) is 0 Å². The van der Waals surface area contributed by atoms with E-state index in [1.54, 1.807) is 0 Å². The summed E-state index contributed by atoms with van der Waals surface area (Å²) in [6.45, 7) is 8.75. The van der Waals surface area contributed by atoms with Crippen molar-refractivity contribution in [2.45, 2.75) is 39.7 Å². The van der Waals surface area contributed by atoms with Gasteiger partial charge in [-0.25, -0.2) is 9.97 Å². The summed E-state index contributed by atoms with van der Waals surface area (Å²) in [6, 6.07) is 0.163. The Hall–Kier alpha value is -1.16. The van der Waals surface area contributed by atoms with Crippen LogP contribution in [0, 0.1) is 11.8 Å². The SMILES string of the molecule is CC(N)Cc1cnc(N2CCC(C(C)C)C2)nc1. The molecule has 2 heterocycles. The van der Waals surface area contributed by atoms with E-state index in [9.17, 15) is 0 Å². The molecular formula is C14H24N4. The van der Waals surface area contributed by atoms with Crippen molar-refractivity contribution in [1.29, 1.82) is 0 Å². The van der Waals surface area contributed by atoms with Crippen LogP contribution in [0.25, 0.3) is 0 Å². The van der Waals surface area contributed by atoms with Crippen molar-refractivity contribution in [3.05, 3.63) is 18.0 Å². The second-order valence-electron chi connectivity index (χ2n) is 5.81. The standard InChI is InChI=1S/C14H24N4/c1-10(2)13-4-5-18(9-13)14-16-7-12(8-17-14)6-11(3)15/h7-8,10-11,13H,4-6,9,15H2,1-3H3. The Morgan fingerprint density at radius 3 is 2.50 bits per heavy atom. The van der Waals surface area contributed by atoms with E-state index in [0.29, 0.717) is 0 Å². The fourth-order valence-electron chi connectivity index (χ4n) is 2.50. The van der Waals surface area contributed by atoms with E-state index in [1.165, 1.54) is 6.42 Å². The van der Waals surface area contributed by atoms with Crippen LogP contribution in [-0.2, 0) is 6.42 Å². The van der Waals surface area contributed by atoms with E-state index >= 15 is 0 Å². The highest BCUT2D eigenvalue weighted by Crippen LogP contribution is 2.25. The minimum atomic E-state index is 0.163. The molecule has 1 fully saturated rings. The van der Waals surface area contributed by atoms with Gasteiger partial charge in [-0.3, -0.25) is 0 Å². The molecule has 1 aromatic rings. The smallest absolute Gasteiger partial charge is 0.225 e. The molecule has 0 aliphatic carbocycles. The maximum atomic E-state index is 5.77. The molecule has 0 bridgehead atoms. The molecule has 2 unspecified atom stereocenters. The minimum absolute atomic E-state index is 0.163. The van der Waals surface area contributed by atoms with Crippen molar-refractivity contribution in [1.82, 2.24) is 9.97 Å². The lowest BCUT2D eigenvalue weighted by atomic mass is 9.95. The monoisotopic (exact) mass is 248 g/mol. The second kappa shape index (κ2) is 5.65. The molecule has 1 aliphatic rings. The van der Waals surface area contributed by atoms with Gasteiger partial charge in [-0.1, -0.05) is 13.8 Å². The van der Waals surface area contributed by atoms with Gasteiger partial charge in [-0.15, -0.1) is 0 Å². The summed E-state index contributed by atoms with van der Waals surface area (Å²) in [4.78, 5) is 11.2. The zero-order valence-electron chi connectivity index (χ0n) is 11.6. The van der Waals surface area contributed by atoms with Gasteiger partial charge in [0.1, 0.15) is 0 Å². The lowest BCUT2D eigenvalue weighted by Gasteiger charge is -2.18. The number of aromatic nitrogens is 2. The van der Waals surface area contributed by atoms with E-state index in [-0.39, 0.29) is 6.04 Å². The van der Waals surface area contributed by atoms with Crippen LogP contribution in [0.4, 0.5) is 5.95 Å².